The van der Waals surface area contributed by atoms with Crippen molar-refractivity contribution in [2.24, 2.45) is 0 Å². The molecule has 0 heterocycles. The summed E-state index contributed by atoms with van der Waals surface area (Å²) in [6.45, 7) is 5.72. The fourth-order valence-corrected chi connectivity index (χ4v) is 0. The topological polar surface area (TPSA) is 17.1 Å². The van der Waals surface area contributed by atoms with Gasteiger partial charge in [0.25, 0.3) is 0 Å². The number of rotatable bonds is 1. The first-order valence-corrected chi connectivity index (χ1v) is 2.56. The van der Waals surface area contributed by atoms with Crippen LogP contribution in [0.4, 0.5) is 0 Å². The minimum absolute atomic E-state index is 1.07. The first-order valence-electron chi connectivity index (χ1n) is 1.85. The molecule has 2 heteroatoms. The van der Waals surface area contributed by atoms with Crippen molar-refractivity contribution in [3.63, 3.8) is 0 Å². The van der Waals surface area contributed by atoms with Crippen molar-refractivity contribution >= 4 is 0 Å². The second-order valence-electron chi connectivity index (χ2n) is 0.854. The summed E-state index contributed by atoms with van der Waals surface area (Å²) < 4.78 is 8.18. The molecule has 0 aromatic rings. The number of hydrogen-bond acceptors (Lipinski definition) is 1. The van der Waals surface area contributed by atoms with Crippen LogP contribution in [0.2, 0.25) is 0 Å². The Morgan fingerprint density at radius 2 is 1.83 bits per heavy atom. The van der Waals surface area contributed by atoms with Crippen molar-refractivity contribution in [2.45, 2.75) is 19.8 Å². The zero-order valence-corrected chi connectivity index (χ0v) is 5.62. The molecular formula is C4H9ORu. The molecule has 0 saturated carbocycles. The molecule has 0 fully saturated rings. The van der Waals surface area contributed by atoms with Gasteiger partial charge in [0.05, 0.1) is 0 Å². The van der Waals surface area contributed by atoms with Gasteiger partial charge < -0.3 is 6.92 Å². The summed E-state index contributed by atoms with van der Waals surface area (Å²) in [6, 6.07) is 0. The normalized spacial score (nSPS) is 5.67. The Morgan fingerprint density at radius 3 is 1.83 bits per heavy atom. The monoisotopic (exact) mass is 175 g/mol. The molecule has 0 aromatic heterocycles. The van der Waals surface area contributed by atoms with Gasteiger partial charge in [-0.25, -0.2) is 0 Å². The second-order valence-corrected chi connectivity index (χ2v) is 0.854. The van der Waals surface area contributed by atoms with E-state index in [2.05, 4.69) is 13.8 Å². The second kappa shape index (κ2) is 18.1. The molecule has 0 saturated heterocycles. The SMILES string of the molecule is [CH2-]CCC.[O]=[Ru+]. The molecule has 0 aliphatic rings. The maximum atomic E-state index is 8.18. The molecule has 0 aliphatic carbocycles. The zero-order valence-electron chi connectivity index (χ0n) is 3.88. The average Bonchev–Trinajstić information content (AvgIpc) is 1.72. The van der Waals surface area contributed by atoms with Crippen LogP contribution >= 0.6 is 0 Å². The average molecular weight is 174 g/mol. The third kappa shape index (κ3) is 25.6. The fraction of sp³-hybridized carbons (Fsp3) is 0.750. The predicted octanol–water partition coefficient (Wildman–Crippen LogP) is 1.50. The van der Waals surface area contributed by atoms with Gasteiger partial charge in [0, 0.05) is 0 Å². The molecule has 0 aliphatic heterocycles. The van der Waals surface area contributed by atoms with Gasteiger partial charge in [0.15, 0.2) is 0 Å². The van der Waals surface area contributed by atoms with Gasteiger partial charge in [-0.05, 0) is 0 Å². The van der Waals surface area contributed by atoms with Gasteiger partial charge >= 0.3 is 21.8 Å². The van der Waals surface area contributed by atoms with Crippen molar-refractivity contribution in [3.8, 4) is 0 Å². The molecule has 0 amide bonds. The van der Waals surface area contributed by atoms with Gasteiger partial charge in [0.2, 0.25) is 0 Å². The molecule has 0 aromatic carbocycles. The molecule has 6 heavy (non-hydrogen) atoms. The standard InChI is InChI=1S/C4H9.O.Ru/c1-3-4-2;;/h1,3-4H2,2H3;;/q-1;;+1. The molecule has 0 unspecified atom stereocenters. The van der Waals surface area contributed by atoms with Crippen LogP contribution < -0.4 is 0 Å². The van der Waals surface area contributed by atoms with E-state index in [0.717, 1.165) is 24.7 Å². The Balaban J connectivity index is 0. The van der Waals surface area contributed by atoms with E-state index < -0.39 is 0 Å². The van der Waals surface area contributed by atoms with E-state index in [9.17, 15) is 0 Å². The summed E-state index contributed by atoms with van der Waals surface area (Å²) in [5.74, 6) is 0. The summed E-state index contributed by atoms with van der Waals surface area (Å²) in [5.41, 5.74) is 0. The van der Waals surface area contributed by atoms with E-state index in [1.54, 1.807) is 0 Å². The first kappa shape index (κ1) is 9.66. The molecule has 39 valence electrons. The van der Waals surface area contributed by atoms with Gasteiger partial charge in [-0.2, -0.15) is 6.42 Å². The van der Waals surface area contributed by atoms with E-state index >= 15 is 0 Å². The van der Waals surface area contributed by atoms with Crippen LogP contribution in [0, 0.1) is 6.92 Å². The molecule has 0 radical (unpaired) electrons. The van der Waals surface area contributed by atoms with E-state index in [1.807, 2.05) is 0 Å². The minimum atomic E-state index is 1.07. The molecule has 0 bridgehead atoms. The van der Waals surface area contributed by atoms with Gasteiger partial charge in [-0.1, -0.05) is 13.3 Å². The Morgan fingerprint density at radius 1 is 1.67 bits per heavy atom. The van der Waals surface area contributed by atoms with Gasteiger partial charge in [-0.3, -0.25) is 0 Å². The van der Waals surface area contributed by atoms with E-state index in [-0.39, 0.29) is 0 Å². The summed E-state index contributed by atoms with van der Waals surface area (Å²) in [7, 11) is 0. The molecule has 0 spiro atoms. The molecule has 0 atom stereocenters. The van der Waals surface area contributed by atoms with Crippen LogP contribution in [-0.4, -0.2) is 0 Å². The summed E-state index contributed by atoms with van der Waals surface area (Å²) >= 11 is 1.10. The van der Waals surface area contributed by atoms with Gasteiger partial charge in [0.1, 0.15) is 0 Å². The number of unbranched alkanes of at least 4 members (excludes halogenated alkanes) is 1. The summed E-state index contributed by atoms with van der Waals surface area (Å²) in [6.07, 6.45) is 2.28. The summed E-state index contributed by atoms with van der Waals surface area (Å²) in [5, 5.41) is 0. The molecule has 1 nitrogen and oxygen atoms in total. The molecule has 0 rings (SSSR count). The van der Waals surface area contributed by atoms with Crippen molar-refractivity contribution in [2.75, 3.05) is 0 Å². The molecule has 0 N–H and O–H groups in total. The summed E-state index contributed by atoms with van der Waals surface area (Å²) in [4.78, 5) is 0. The van der Waals surface area contributed by atoms with Crippen LogP contribution in [0.5, 0.6) is 0 Å². The van der Waals surface area contributed by atoms with Crippen LogP contribution in [0.1, 0.15) is 19.8 Å². The first-order chi connectivity index (χ1) is 2.91. The Bertz CT molecular complexity index is 15.0. The van der Waals surface area contributed by atoms with Crippen molar-refractivity contribution < 1.29 is 21.8 Å². The van der Waals surface area contributed by atoms with Crippen LogP contribution in [0.15, 0.2) is 0 Å². The third-order valence-electron chi connectivity index (χ3n) is 0.354. The quantitative estimate of drug-likeness (QED) is 0.435. The van der Waals surface area contributed by atoms with Crippen LogP contribution in [0.3, 0.4) is 0 Å². The maximum absolute atomic E-state index is 8.18. The third-order valence-corrected chi connectivity index (χ3v) is 0.354. The fourth-order valence-electron chi connectivity index (χ4n) is 0. The molecular weight excluding hydrogens is 165 g/mol. The van der Waals surface area contributed by atoms with E-state index in [4.69, 9.17) is 3.57 Å². The van der Waals surface area contributed by atoms with Crippen LogP contribution in [0.25, 0.3) is 0 Å². The van der Waals surface area contributed by atoms with Crippen molar-refractivity contribution in [1.29, 1.82) is 0 Å². The predicted molar refractivity (Wildman–Crippen MR) is 21.0 cm³/mol. The van der Waals surface area contributed by atoms with E-state index in [1.165, 1.54) is 6.42 Å². The Labute approximate surface area is 49.1 Å². The Hall–Kier alpha value is 0.423. The Kier molecular flexibility index (Phi) is 29.1. The van der Waals surface area contributed by atoms with Crippen molar-refractivity contribution in [1.82, 2.24) is 0 Å². The zero-order chi connectivity index (χ0) is 5.41. The van der Waals surface area contributed by atoms with Crippen LogP contribution in [-0.2, 0) is 21.8 Å². The van der Waals surface area contributed by atoms with Gasteiger partial charge in [-0.15, -0.1) is 0 Å². The van der Waals surface area contributed by atoms with E-state index in [0.29, 0.717) is 0 Å². The number of hydrogen-bond donors (Lipinski definition) is 0. The van der Waals surface area contributed by atoms with Crippen molar-refractivity contribution in [3.05, 3.63) is 6.92 Å².